The number of aliphatic hydroxyl groups is 1. The van der Waals surface area contributed by atoms with Crippen LogP contribution in [0.3, 0.4) is 0 Å². The molecule has 0 spiro atoms. The van der Waals surface area contributed by atoms with E-state index in [0.29, 0.717) is 44.8 Å². The largest absolute Gasteiger partial charge is 0.455 e. The van der Waals surface area contributed by atoms with Gasteiger partial charge in [0.2, 0.25) is 11.7 Å². The van der Waals surface area contributed by atoms with Crippen LogP contribution in [0.25, 0.3) is 56.1 Å². The number of rotatable bonds is 8. The van der Waals surface area contributed by atoms with Crippen LogP contribution >= 0.6 is 0 Å². The van der Waals surface area contributed by atoms with E-state index >= 15 is 0 Å². The Hall–Kier alpha value is -4.94. The summed E-state index contributed by atoms with van der Waals surface area (Å²) < 4.78 is 54.7. The van der Waals surface area contributed by atoms with E-state index in [0.717, 1.165) is 6.92 Å². The Kier molecular flexibility index (Phi) is 7.48. The highest BCUT2D eigenvalue weighted by atomic mass is 32.2. The maximum atomic E-state index is 14.6. The standard InChI is InChI=1S/C32H26F2N4O5S/c1-32(34,40)17-38(44(3)41)24-16-26-23(27(30(39)35-2)28(42-26)18-9-11-21(33)12-10-18)15-22(24)19-6-4-7-20(14-19)31-37-29-25(43-31)8-5-13-36-29/h4-16,40H,17H2,1-3H3,(H,35,39). The molecule has 44 heavy (non-hydrogen) atoms. The van der Waals surface area contributed by atoms with E-state index in [-0.39, 0.29) is 22.6 Å². The first kappa shape index (κ1) is 29.1. The van der Waals surface area contributed by atoms with Gasteiger partial charge in [0.25, 0.3) is 5.91 Å². The number of amides is 1. The molecule has 0 fully saturated rings. The van der Waals surface area contributed by atoms with Gasteiger partial charge in [-0.05, 0) is 67.1 Å². The average Bonchev–Trinajstić information content (AvgIpc) is 3.60. The van der Waals surface area contributed by atoms with E-state index in [2.05, 4.69) is 15.3 Å². The van der Waals surface area contributed by atoms with Gasteiger partial charge in [0.15, 0.2) is 11.2 Å². The van der Waals surface area contributed by atoms with Gasteiger partial charge >= 0.3 is 0 Å². The van der Waals surface area contributed by atoms with Gasteiger partial charge in [-0.2, -0.15) is 4.98 Å². The van der Waals surface area contributed by atoms with Crippen LogP contribution in [0.1, 0.15) is 17.3 Å². The number of furan rings is 1. The van der Waals surface area contributed by atoms with Gasteiger partial charge in [0, 0.05) is 47.6 Å². The van der Waals surface area contributed by atoms with Crippen LogP contribution in [-0.2, 0) is 11.0 Å². The third-order valence-corrected chi connectivity index (χ3v) is 7.91. The van der Waals surface area contributed by atoms with Crippen LogP contribution in [0.5, 0.6) is 0 Å². The minimum atomic E-state index is -2.69. The van der Waals surface area contributed by atoms with Crippen molar-refractivity contribution in [3.05, 3.63) is 90.4 Å². The molecular formula is C32H26F2N4O5S. The quantitative estimate of drug-likeness (QED) is 0.207. The summed E-state index contributed by atoms with van der Waals surface area (Å²) in [5.74, 6) is -3.08. The number of carbonyl (C=O) groups is 1. The van der Waals surface area contributed by atoms with Gasteiger partial charge in [-0.25, -0.2) is 18.0 Å². The smallest absolute Gasteiger partial charge is 0.255 e. The minimum absolute atomic E-state index is 0.192. The van der Waals surface area contributed by atoms with Crippen molar-refractivity contribution >= 4 is 44.8 Å². The van der Waals surface area contributed by atoms with Crippen molar-refractivity contribution in [1.82, 2.24) is 15.3 Å². The fraction of sp³-hybridized carbons (Fsp3) is 0.156. The first-order valence-corrected chi connectivity index (χ1v) is 15.0. The molecule has 1 amide bonds. The molecule has 3 heterocycles. The van der Waals surface area contributed by atoms with Crippen molar-refractivity contribution in [3.63, 3.8) is 0 Å². The van der Waals surface area contributed by atoms with Crippen molar-refractivity contribution < 1.29 is 31.7 Å². The zero-order valence-electron chi connectivity index (χ0n) is 23.8. The average molecular weight is 617 g/mol. The number of anilines is 1. The Morgan fingerprint density at radius 3 is 2.45 bits per heavy atom. The molecule has 2 N–H and O–H groups in total. The number of fused-ring (bicyclic) bond motifs is 2. The Labute approximate surface area is 252 Å². The summed E-state index contributed by atoms with van der Waals surface area (Å²) >= 11 is 0. The number of alkyl halides is 1. The molecule has 0 aliphatic heterocycles. The zero-order chi connectivity index (χ0) is 31.2. The fourth-order valence-electron chi connectivity index (χ4n) is 5.01. The summed E-state index contributed by atoms with van der Waals surface area (Å²) in [6.07, 6.45) is 2.98. The molecule has 0 saturated heterocycles. The number of benzene rings is 3. The highest BCUT2D eigenvalue weighted by Gasteiger charge is 2.30. The summed E-state index contributed by atoms with van der Waals surface area (Å²) in [5.41, 5.74) is 3.78. The molecular weight excluding hydrogens is 590 g/mol. The summed E-state index contributed by atoms with van der Waals surface area (Å²) in [6, 6.07) is 19.4. The normalized spacial score (nSPS) is 13.6. The number of hydrogen-bond donors (Lipinski definition) is 2. The molecule has 0 aliphatic rings. The summed E-state index contributed by atoms with van der Waals surface area (Å²) in [4.78, 5) is 21.9. The van der Waals surface area contributed by atoms with Gasteiger partial charge in [0.1, 0.15) is 28.1 Å². The van der Waals surface area contributed by atoms with Gasteiger partial charge in [-0.15, -0.1) is 0 Å². The van der Waals surface area contributed by atoms with Crippen LogP contribution < -0.4 is 9.62 Å². The first-order chi connectivity index (χ1) is 21.0. The molecule has 12 heteroatoms. The lowest BCUT2D eigenvalue weighted by atomic mass is 9.97. The minimum Gasteiger partial charge on any atom is -0.455 e. The maximum Gasteiger partial charge on any atom is 0.255 e. The van der Waals surface area contributed by atoms with Crippen molar-refractivity contribution in [2.75, 3.05) is 24.2 Å². The van der Waals surface area contributed by atoms with E-state index in [1.165, 1.54) is 41.9 Å². The summed E-state index contributed by atoms with van der Waals surface area (Å²) in [7, 11) is -0.315. The number of halogens is 2. The molecule has 3 aromatic heterocycles. The number of pyridine rings is 1. The van der Waals surface area contributed by atoms with Gasteiger partial charge in [-0.3, -0.25) is 9.10 Å². The molecule has 0 radical (unpaired) electrons. The van der Waals surface area contributed by atoms with E-state index in [9.17, 15) is 22.9 Å². The highest BCUT2D eigenvalue weighted by molar-refractivity contribution is 7.85. The monoisotopic (exact) mass is 616 g/mol. The molecule has 0 bridgehead atoms. The number of oxazole rings is 1. The van der Waals surface area contributed by atoms with Gasteiger partial charge in [0.05, 0.1) is 17.8 Å². The fourth-order valence-corrected chi connectivity index (χ4v) is 5.86. The molecule has 0 aliphatic carbocycles. The van der Waals surface area contributed by atoms with Crippen molar-refractivity contribution in [2.24, 2.45) is 0 Å². The Morgan fingerprint density at radius 1 is 1.02 bits per heavy atom. The number of hydrogen-bond acceptors (Lipinski definition) is 7. The zero-order valence-corrected chi connectivity index (χ0v) is 24.6. The molecule has 9 nitrogen and oxygen atoms in total. The molecule has 224 valence electrons. The van der Waals surface area contributed by atoms with Crippen LogP contribution in [-0.4, -0.2) is 50.9 Å². The predicted molar refractivity (Wildman–Crippen MR) is 164 cm³/mol. The lowest BCUT2D eigenvalue weighted by Gasteiger charge is -2.28. The molecule has 0 saturated carbocycles. The van der Waals surface area contributed by atoms with Crippen LogP contribution in [0.2, 0.25) is 0 Å². The second-order valence-electron chi connectivity index (χ2n) is 10.3. The number of nitrogens with zero attached hydrogens (tertiary/aromatic N) is 3. The molecule has 6 rings (SSSR count). The Bertz CT molecular complexity index is 2020. The number of nitrogens with one attached hydrogen (secondary N) is 1. The van der Waals surface area contributed by atoms with Crippen molar-refractivity contribution in [2.45, 2.75) is 12.8 Å². The van der Waals surface area contributed by atoms with Crippen molar-refractivity contribution in [3.8, 4) is 33.9 Å². The molecule has 3 aromatic carbocycles. The number of aromatic nitrogens is 2. The van der Waals surface area contributed by atoms with Crippen molar-refractivity contribution in [1.29, 1.82) is 0 Å². The third-order valence-electron chi connectivity index (χ3n) is 6.96. The van der Waals surface area contributed by atoms with Crippen LogP contribution in [0, 0.1) is 5.82 Å². The van der Waals surface area contributed by atoms with Crippen LogP contribution in [0.4, 0.5) is 14.5 Å². The lowest BCUT2D eigenvalue weighted by molar-refractivity contribution is -0.0592. The van der Waals surface area contributed by atoms with Gasteiger partial charge in [-0.1, -0.05) is 12.1 Å². The van der Waals surface area contributed by atoms with Crippen LogP contribution in [0.15, 0.2) is 87.8 Å². The SMILES string of the molecule is CNC(=O)c1c(-c2ccc(F)cc2)oc2cc(N(CC(C)(O)F)S(C)=O)c(-c3cccc(-c4nc5ncccc5o4)c3)cc12. The topological polar surface area (TPSA) is 122 Å². The second kappa shape index (κ2) is 11.3. The third kappa shape index (κ3) is 5.56. The molecule has 2 atom stereocenters. The summed E-state index contributed by atoms with van der Waals surface area (Å²) in [5, 5.41) is 13.1. The second-order valence-corrected chi connectivity index (χ2v) is 11.6. The number of carbonyl (C=O) groups excluding carboxylic acids is 1. The lowest BCUT2D eigenvalue weighted by Crippen LogP contribution is -2.38. The Balaban J connectivity index is 1.62. The first-order valence-electron chi connectivity index (χ1n) is 13.5. The molecule has 6 aromatic rings. The van der Waals surface area contributed by atoms with E-state index < -0.39 is 35.1 Å². The predicted octanol–water partition coefficient (Wildman–Crippen LogP) is 6.25. The van der Waals surface area contributed by atoms with E-state index in [1.54, 1.807) is 54.7 Å². The maximum absolute atomic E-state index is 14.6. The molecule has 2 unspecified atom stereocenters. The highest BCUT2D eigenvalue weighted by Crippen LogP contribution is 2.42. The van der Waals surface area contributed by atoms with E-state index in [4.69, 9.17) is 8.83 Å². The van der Waals surface area contributed by atoms with Gasteiger partial charge < -0.3 is 19.3 Å². The Morgan fingerprint density at radius 2 is 1.77 bits per heavy atom. The summed E-state index contributed by atoms with van der Waals surface area (Å²) in [6.45, 7) is 0.342. The van der Waals surface area contributed by atoms with E-state index in [1.807, 2.05) is 0 Å².